The Morgan fingerprint density at radius 3 is 2.45 bits per heavy atom. The van der Waals surface area contributed by atoms with E-state index < -0.39 is 5.82 Å². The van der Waals surface area contributed by atoms with Gasteiger partial charge in [-0.05, 0) is 32.9 Å². The number of halogens is 1. The summed E-state index contributed by atoms with van der Waals surface area (Å²) >= 11 is 0. The second kappa shape index (κ2) is 5.71. The van der Waals surface area contributed by atoms with Crippen molar-refractivity contribution in [2.75, 3.05) is 18.0 Å². The summed E-state index contributed by atoms with van der Waals surface area (Å²) in [7, 11) is 0. The molecular weight excluding hydrogens is 261 g/mol. The summed E-state index contributed by atoms with van der Waals surface area (Å²) in [6.07, 6.45) is 0.519. The molecule has 2 atom stereocenters. The molecule has 0 spiro atoms. The average molecular weight is 279 g/mol. The highest BCUT2D eigenvalue weighted by Crippen LogP contribution is 2.28. The number of morpholine rings is 1. The largest absolute Gasteiger partial charge is 0.372 e. The molecule has 1 heterocycles. The van der Waals surface area contributed by atoms with Gasteiger partial charge in [0, 0.05) is 24.2 Å². The Balaban J connectivity index is 2.45. The van der Waals surface area contributed by atoms with E-state index in [1.807, 2.05) is 18.7 Å². The molecule has 4 nitrogen and oxygen atoms in total. The second-order valence-corrected chi connectivity index (χ2v) is 5.23. The van der Waals surface area contributed by atoms with E-state index in [1.54, 1.807) is 0 Å². The maximum Gasteiger partial charge on any atom is 0.159 e. The van der Waals surface area contributed by atoms with Crippen molar-refractivity contribution in [1.82, 2.24) is 0 Å². The monoisotopic (exact) mass is 279 g/mol. The minimum absolute atomic E-state index is 0.0369. The third-order valence-electron chi connectivity index (χ3n) is 3.36. The zero-order valence-corrected chi connectivity index (χ0v) is 11.9. The highest BCUT2D eigenvalue weighted by atomic mass is 19.1. The van der Waals surface area contributed by atoms with Crippen LogP contribution < -0.4 is 4.90 Å². The number of aldehydes is 1. The first-order valence-corrected chi connectivity index (χ1v) is 6.62. The standard InChI is InChI=1S/C15H18FNO3/c1-9-6-17(7-10(2)20-9)15-13(8-18)4-12(11(3)19)5-14(15)16/h4-5,8-10H,6-7H2,1-3H3. The van der Waals surface area contributed by atoms with E-state index in [9.17, 15) is 14.0 Å². The molecule has 1 aromatic rings. The minimum atomic E-state index is -0.541. The van der Waals surface area contributed by atoms with E-state index in [-0.39, 0.29) is 34.8 Å². The van der Waals surface area contributed by atoms with Crippen LogP contribution in [0, 0.1) is 5.82 Å². The van der Waals surface area contributed by atoms with Crippen molar-refractivity contribution in [3.05, 3.63) is 29.1 Å². The summed E-state index contributed by atoms with van der Waals surface area (Å²) in [5, 5.41) is 0. The van der Waals surface area contributed by atoms with Crippen LogP contribution in [-0.4, -0.2) is 37.4 Å². The molecule has 0 bridgehead atoms. The highest BCUT2D eigenvalue weighted by molar-refractivity contribution is 5.97. The lowest BCUT2D eigenvalue weighted by molar-refractivity contribution is -0.00543. The van der Waals surface area contributed by atoms with Gasteiger partial charge in [-0.1, -0.05) is 0 Å². The van der Waals surface area contributed by atoms with E-state index in [4.69, 9.17) is 4.74 Å². The molecule has 0 aromatic heterocycles. The molecule has 1 fully saturated rings. The van der Waals surface area contributed by atoms with E-state index >= 15 is 0 Å². The first-order valence-electron chi connectivity index (χ1n) is 6.62. The van der Waals surface area contributed by atoms with Gasteiger partial charge < -0.3 is 9.64 Å². The van der Waals surface area contributed by atoms with Gasteiger partial charge in [0.05, 0.1) is 17.9 Å². The van der Waals surface area contributed by atoms with Gasteiger partial charge in [0.25, 0.3) is 0 Å². The van der Waals surface area contributed by atoms with Crippen molar-refractivity contribution < 1.29 is 18.7 Å². The first-order chi connectivity index (χ1) is 9.42. The van der Waals surface area contributed by atoms with Crippen molar-refractivity contribution in [2.24, 2.45) is 0 Å². The summed E-state index contributed by atoms with van der Waals surface area (Å²) in [6, 6.07) is 2.63. The molecule has 0 amide bonds. The van der Waals surface area contributed by atoms with Crippen LogP contribution in [0.4, 0.5) is 10.1 Å². The molecule has 1 aliphatic rings. The predicted octanol–water partition coefficient (Wildman–Crippen LogP) is 2.45. The van der Waals surface area contributed by atoms with Gasteiger partial charge >= 0.3 is 0 Å². The predicted molar refractivity (Wildman–Crippen MR) is 74.0 cm³/mol. The lowest BCUT2D eigenvalue weighted by Gasteiger charge is -2.37. The molecule has 0 radical (unpaired) electrons. The van der Waals surface area contributed by atoms with Crippen LogP contribution >= 0.6 is 0 Å². The summed E-state index contributed by atoms with van der Waals surface area (Å²) in [5.41, 5.74) is 0.672. The van der Waals surface area contributed by atoms with Gasteiger partial charge in [0.1, 0.15) is 5.82 Å². The number of nitrogens with zero attached hydrogens (tertiary/aromatic N) is 1. The molecule has 2 unspecified atom stereocenters. The van der Waals surface area contributed by atoms with Gasteiger partial charge in [-0.2, -0.15) is 0 Å². The topological polar surface area (TPSA) is 46.6 Å². The van der Waals surface area contributed by atoms with Crippen LogP contribution in [0.5, 0.6) is 0 Å². The number of ether oxygens (including phenoxy) is 1. The normalized spacial score (nSPS) is 22.7. The third-order valence-corrected chi connectivity index (χ3v) is 3.36. The van der Waals surface area contributed by atoms with Crippen molar-refractivity contribution in [2.45, 2.75) is 33.0 Å². The molecule has 1 aromatic carbocycles. The van der Waals surface area contributed by atoms with E-state index in [0.717, 1.165) is 0 Å². The summed E-state index contributed by atoms with van der Waals surface area (Å²) < 4.78 is 19.9. The Labute approximate surface area is 117 Å². The highest BCUT2D eigenvalue weighted by Gasteiger charge is 2.26. The summed E-state index contributed by atoms with van der Waals surface area (Å²) in [4.78, 5) is 24.4. The van der Waals surface area contributed by atoms with Gasteiger partial charge in [0.2, 0.25) is 0 Å². The van der Waals surface area contributed by atoms with Crippen molar-refractivity contribution >= 4 is 17.8 Å². The Morgan fingerprint density at radius 1 is 1.35 bits per heavy atom. The van der Waals surface area contributed by atoms with Crippen LogP contribution in [0.15, 0.2) is 12.1 Å². The molecule has 2 rings (SSSR count). The second-order valence-electron chi connectivity index (χ2n) is 5.23. The number of benzene rings is 1. The number of ketones is 1. The van der Waals surface area contributed by atoms with Gasteiger partial charge in [-0.3, -0.25) is 9.59 Å². The molecule has 0 aliphatic carbocycles. The van der Waals surface area contributed by atoms with Crippen LogP contribution in [0.1, 0.15) is 41.5 Å². The van der Waals surface area contributed by atoms with Crippen molar-refractivity contribution in [3.63, 3.8) is 0 Å². The smallest absolute Gasteiger partial charge is 0.159 e. The summed E-state index contributed by atoms with van der Waals surface area (Å²) in [6.45, 7) is 6.20. The number of anilines is 1. The molecule has 20 heavy (non-hydrogen) atoms. The van der Waals surface area contributed by atoms with Crippen molar-refractivity contribution in [3.8, 4) is 0 Å². The number of Topliss-reactive ketones (excluding diaryl/α,β-unsaturated/α-hetero) is 1. The van der Waals surface area contributed by atoms with Crippen LogP contribution in [-0.2, 0) is 4.74 Å². The van der Waals surface area contributed by atoms with Gasteiger partial charge in [-0.15, -0.1) is 0 Å². The van der Waals surface area contributed by atoms with E-state index in [1.165, 1.54) is 19.1 Å². The van der Waals surface area contributed by atoms with Crippen molar-refractivity contribution in [1.29, 1.82) is 0 Å². The number of rotatable bonds is 3. The first kappa shape index (κ1) is 14.7. The van der Waals surface area contributed by atoms with Crippen LogP contribution in [0.3, 0.4) is 0 Å². The van der Waals surface area contributed by atoms with E-state index in [0.29, 0.717) is 19.4 Å². The molecule has 1 aliphatic heterocycles. The fourth-order valence-electron chi connectivity index (χ4n) is 2.61. The molecule has 5 heteroatoms. The lowest BCUT2D eigenvalue weighted by atomic mass is 10.0. The lowest BCUT2D eigenvalue weighted by Crippen LogP contribution is -2.46. The van der Waals surface area contributed by atoms with Crippen LogP contribution in [0.2, 0.25) is 0 Å². The number of hydrogen-bond donors (Lipinski definition) is 0. The zero-order valence-electron chi connectivity index (χ0n) is 11.9. The molecule has 0 N–H and O–H groups in total. The van der Waals surface area contributed by atoms with E-state index in [2.05, 4.69) is 0 Å². The fraction of sp³-hybridized carbons (Fsp3) is 0.467. The number of carbonyl (C=O) groups excluding carboxylic acids is 2. The maximum absolute atomic E-state index is 14.3. The zero-order chi connectivity index (χ0) is 14.9. The number of carbonyl (C=O) groups is 2. The third kappa shape index (κ3) is 2.88. The Bertz CT molecular complexity index is 534. The molecule has 0 saturated carbocycles. The minimum Gasteiger partial charge on any atom is -0.372 e. The summed E-state index contributed by atoms with van der Waals surface area (Å²) in [5.74, 6) is -0.802. The number of hydrogen-bond acceptors (Lipinski definition) is 4. The average Bonchev–Trinajstić information content (AvgIpc) is 2.36. The molecule has 108 valence electrons. The quantitative estimate of drug-likeness (QED) is 0.630. The van der Waals surface area contributed by atoms with Gasteiger partial charge in [0.15, 0.2) is 12.1 Å². The van der Waals surface area contributed by atoms with Crippen LogP contribution in [0.25, 0.3) is 0 Å². The molecule has 1 saturated heterocycles. The van der Waals surface area contributed by atoms with Gasteiger partial charge in [-0.25, -0.2) is 4.39 Å². The Morgan fingerprint density at radius 2 is 1.95 bits per heavy atom. The SMILES string of the molecule is CC(=O)c1cc(F)c(N2CC(C)OC(C)C2)c(C=O)c1. The molecular formula is C15H18FNO3. The Kier molecular flexibility index (Phi) is 4.18. The fourth-order valence-corrected chi connectivity index (χ4v) is 2.61. The Hall–Kier alpha value is -1.75. The maximum atomic E-state index is 14.3.